The van der Waals surface area contributed by atoms with Crippen LogP contribution in [0, 0.1) is 0 Å². The number of amides is 5. The van der Waals surface area contributed by atoms with Crippen LogP contribution in [0.1, 0.15) is 60.3 Å². The van der Waals surface area contributed by atoms with Gasteiger partial charge in [-0.25, -0.2) is 4.79 Å². The van der Waals surface area contributed by atoms with Crippen molar-refractivity contribution in [2.75, 3.05) is 32.0 Å². The molecular weight excluding hydrogens is 672 g/mol. The Morgan fingerprint density at radius 3 is 2.49 bits per heavy atom. The fourth-order valence-corrected chi connectivity index (χ4v) is 6.38. The van der Waals surface area contributed by atoms with Gasteiger partial charge in [-0.2, -0.15) is 5.10 Å². The van der Waals surface area contributed by atoms with Crippen molar-refractivity contribution in [3.8, 4) is 0 Å². The SMILES string of the molecule is CN(CCCCCCNC(=O)CN1C(=O)C=CC1=O)/N=C(\CC(C=O)c1ccc2cccnc2c1)c1ccc(NC(=O)N2Cc3ccncc3C2)cc1. The number of pyridine rings is 2. The molecule has 2 aliphatic rings. The fraction of sp³-hybridized carbons (Fsp3) is 0.300. The number of carbonyl (C=O) groups is 5. The van der Waals surface area contributed by atoms with Crippen molar-refractivity contribution >= 4 is 52.3 Å². The van der Waals surface area contributed by atoms with Gasteiger partial charge >= 0.3 is 6.03 Å². The minimum atomic E-state index is -0.476. The molecule has 0 saturated carbocycles. The van der Waals surface area contributed by atoms with Crippen molar-refractivity contribution in [3.63, 3.8) is 0 Å². The van der Waals surface area contributed by atoms with Gasteiger partial charge < -0.3 is 20.3 Å². The maximum atomic E-state index is 13.1. The van der Waals surface area contributed by atoms with E-state index in [0.717, 1.165) is 87.9 Å². The summed E-state index contributed by atoms with van der Waals surface area (Å²) in [6, 6.07) is 19.0. The highest BCUT2D eigenvalue weighted by Crippen LogP contribution is 2.26. The Hall–Kier alpha value is -6.24. The molecule has 4 heterocycles. The Morgan fingerprint density at radius 2 is 1.72 bits per heavy atom. The van der Waals surface area contributed by atoms with E-state index < -0.39 is 17.7 Å². The lowest BCUT2D eigenvalue weighted by molar-refractivity contribution is -0.141. The minimum absolute atomic E-state index is 0.191. The molecule has 2 N–H and O–H groups in total. The first-order valence-electron chi connectivity index (χ1n) is 17.7. The number of imide groups is 1. The Kier molecular flexibility index (Phi) is 11.9. The topological polar surface area (TPSA) is 157 Å². The van der Waals surface area contributed by atoms with E-state index in [2.05, 4.69) is 20.6 Å². The molecule has 53 heavy (non-hydrogen) atoms. The number of fused-ring (bicyclic) bond motifs is 2. The smallest absolute Gasteiger partial charge is 0.322 e. The van der Waals surface area contributed by atoms with Gasteiger partial charge in [0.25, 0.3) is 11.8 Å². The maximum absolute atomic E-state index is 13.1. The summed E-state index contributed by atoms with van der Waals surface area (Å²) >= 11 is 0. The van der Waals surface area contributed by atoms with Crippen molar-refractivity contribution in [3.05, 3.63) is 114 Å². The Balaban J connectivity index is 1.05. The molecule has 2 aromatic carbocycles. The number of aromatic nitrogens is 2. The summed E-state index contributed by atoms with van der Waals surface area (Å²) in [6.07, 6.45) is 12.3. The van der Waals surface area contributed by atoms with Gasteiger partial charge in [0.05, 0.1) is 11.2 Å². The highest BCUT2D eigenvalue weighted by Gasteiger charge is 2.26. The summed E-state index contributed by atoms with van der Waals surface area (Å²) in [5.41, 5.74) is 6.04. The van der Waals surface area contributed by atoms with Crippen LogP contribution in [0.15, 0.2) is 96.5 Å². The number of hydrazone groups is 1. The third-order valence-electron chi connectivity index (χ3n) is 9.34. The van der Waals surface area contributed by atoms with Gasteiger partial charge in [-0.1, -0.05) is 43.2 Å². The van der Waals surface area contributed by atoms with Crippen LogP contribution in [-0.4, -0.2) is 87.2 Å². The molecule has 272 valence electrons. The van der Waals surface area contributed by atoms with E-state index >= 15 is 0 Å². The van der Waals surface area contributed by atoms with Crippen molar-refractivity contribution in [1.82, 2.24) is 30.1 Å². The average molecular weight is 715 g/mol. The minimum Gasteiger partial charge on any atom is -0.355 e. The number of carbonyl (C=O) groups excluding carboxylic acids is 5. The van der Waals surface area contributed by atoms with Crippen LogP contribution in [0.25, 0.3) is 10.9 Å². The third kappa shape index (κ3) is 9.56. The maximum Gasteiger partial charge on any atom is 0.322 e. The molecule has 4 aromatic rings. The molecule has 5 amide bonds. The van der Waals surface area contributed by atoms with E-state index in [1.54, 1.807) is 23.5 Å². The summed E-state index contributed by atoms with van der Waals surface area (Å²) in [6.45, 7) is 1.89. The van der Waals surface area contributed by atoms with E-state index in [4.69, 9.17) is 5.10 Å². The average Bonchev–Trinajstić information content (AvgIpc) is 3.75. The number of hydrogen-bond donors (Lipinski definition) is 2. The van der Waals surface area contributed by atoms with Gasteiger partial charge in [-0.3, -0.25) is 34.3 Å². The number of urea groups is 1. The number of aldehydes is 1. The number of benzene rings is 2. The second-order valence-corrected chi connectivity index (χ2v) is 13.2. The van der Waals surface area contributed by atoms with Gasteiger partial charge in [-0.05, 0) is 65.4 Å². The first-order chi connectivity index (χ1) is 25.8. The lowest BCUT2D eigenvalue weighted by atomic mass is 9.91. The molecule has 0 bridgehead atoms. The number of rotatable bonds is 16. The molecule has 0 saturated heterocycles. The van der Waals surface area contributed by atoms with Crippen LogP contribution in [0.2, 0.25) is 0 Å². The highest BCUT2D eigenvalue weighted by molar-refractivity contribution is 6.14. The van der Waals surface area contributed by atoms with Crippen molar-refractivity contribution in [1.29, 1.82) is 0 Å². The highest BCUT2D eigenvalue weighted by atomic mass is 16.2. The zero-order valence-electron chi connectivity index (χ0n) is 29.6. The number of hydrogen-bond acceptors (Lipinski definition) is 9. The van der Waals surface area contributed by atoms with Crippen LogP contribution >= 0.6 is 0 Å². The molecule has 0 radical (unpaired) electrons. The van der Waals surface area contributed by atoms with E-state index in [1.807, 2.05) is 72.7 Å². The zero-order chi connectivity index (χ0) is 37.2. The standard InChI is InChI=1S/C40H42N8O5/c1-46(20-5-3-2-4-17-43-37(50)26-48-38(51)14-15-39(48)52)45-36(22-32(27-49)30-9-8-28-7-6-18-42-35(28)21-30)29-10-12-34(13-11-29)44-40(53)47-24-31-16-19-41-23-33(31)25-47/h6-16,18-19,21,23,27,32H,2-5,17,20,22,24-26H2,1H3,(H,43,50)(H,44,53)/b45-36+. The van der Waals surface area contributed by atoms with Gasteiger partial charge in [0.15, 0.2) is 0 Å². The molecule has 2 aliphatic heterocycles. The van der Waals surface area contributed by atoms with Crippen LogP contribution < -0.4 is 10.6 Å². The molecule has 6 rings (SSSR count). The molecule has 13 heteroatoms. The summed E-state index contributed by atoms with van der Waals surface area (Å²) in [5, 5.41) is 13.6. The Labute approximate surface area is 307 Å². The number of nitrogens with one attached hydrogen (secondary N) is 2. The summed E-state index contributed by atoms with van der Waals surface area (Å²) in [4.78, 5) is 72.3. The first kappa shape index (κ1) is 36.5. The third-order valence-corrected chi connectivity index (χ3v) is 9.34. The lowest BCUT2D eigenvalue weighted by Crippen LogP contribution is -2.40. The van der Waals surface area contributed by atoms with Gasteiger partial charge in [0.2, 0.25) is 5.91 Å². The summed E-state index contributed by atoms with van der Waals surface area (Å²) < 4.78 is 0. The van der Waals surface area contributed by atoms with Gasteiger partial charge in [0.1, 0.15) is 12.8 Å². The summed E-state index contributed by atoms with van der Waals surface area (Å²) in [5.74, 6) is -1.77. The largest absolute Gasteiger partial charge is 0.355 e. The number of unbranched alkanes of at least 4 members (excludes halogenated alkanes) is 3. The van der Waals surface area contributed by atoms with Crippen LogP contribution in [0.3, 0.4) is 0 Å². The second-order valence-electron chi connectivity index (χ2n) is 13.2. The second kappa shape index (κ2) is 17.3. The monoisotopic (exact) mass is 714 g/mol. The molecule has 13 nitrogen and oxygen atoms in total. The first-order valence-corrected chi connectivity index (χ1v) is 17.7. The molecule has 1 unspecified atom stereocenters. The normalized spacial score (nSPS) is 14.4. The van der Waals surface area contributed by atoms with Gasteiger partial charge in [0, 0.05) is 87.4 Å². The van der Waals surface area contributed by atoms with E-state index in [1.165, 1.54) is 0 Å². The fourth-order valence-electron chi connectivity index (χ4n) is 6.38. The van der Waals surface area contributed by atoms with E-state index in [-0.39, 0.29) is 18.5 Å². The molecule has 0 aliphatic carbocycles. The Morgan fingerprint density at radius 1 is 0.943 bits per heavy atom. The lowest BCUT2D eigenvalue weighted by Gasteiger charge is -2.19. The number of anilines is 1. The predicted molar refractivity (Wildman–Crippen MR) is 201 cm³/mol. The van der Waals surface area contributed by atoms with Crippen molar-refractivity contribution in [2.45, 2.75) is 51.1 Å². The quantitative estimate of drug-likeness (QED) is 0.0552. The van der Waals surface area contributed by atoms with Crippen LogP contribution in [0.5, 0.6) is 0 Å². The molecule has 0 fully saturated rings. The molecular formula is C40H42N8O5. The van der Waals surface area contributed by atoms with Crippen LogP contribution in [-0.2, 0) is 32.3 Å². The number of nitrogens with zero attached hydrogens (tertiary/aromatic N) is 6. The molecule has 0 spiro atoms. The van der Waals surface area contributed by atoms with Gasteiger partial charge in [-0.15, -0.1) is 0 Å². The zero-order valence-corrected chi connectivity index (χ0v) is 29.6. The van der Waals surface area contributed by atoms with E-state index in [0.29, 0.717) is 38.3 Å². The van der Waals surface area contributed by atoms with Crippen molar-refractivity contribution < 1.29 is 24.0 Å². The molecule has 2 aromatic heterocycles. The Bertz CT molecular complexity index is 2000. The predicted octanol–water partition coefficient (Wildman–Crippen LogP) is 4.79. The van der Waals surface area contributed by atoms with Crippen LogP contribution in [0.4, 0.5) is 10.5 Å². The van der Waals surface area contributed by atoms with Crippen molar-refractivity contribution in [2.24, 2.45) is 5.10 Å². The van der Waals surface area contributed by atoms with E-state index in [9.17, 15) is 24.0 Å². The molecule has 1 atom stereocenters. The summed E-state index contributed by atoms with van der Waals surface area (Å²) in [7, 11) is 1.91.